The average Bonchev–Trinajstić information content (AvgIpc) is 2.30. The largest absolute Gasteiger partial charge is 0.382 e. The van der Waals surface area contributed by atoms with E-state index in [1.165, 1.54) is 6.33 Å². The van der Waals surface area contributed by atoms with Crippen molar-refractivity contribution in [3.8, 4) is 0 Å². The second kappa shape index (κ2) is 3.93. The van der Waals surface area contributed by atoms with E-state index in [1.54, 1.807) is 30.7 Å². The van der Waals surface area contributed by atoms with E-state index in [1.807, 2.05) is 6.07 Å². The minimum Gasteiger partial charge on any atom is -0.382 e. The van der Waals surface area contributed by atoms with Gasteiger partial charge in [-0.1, -0.05) is 6.07 Å². The first-order chi connectivity index (χ1) is 6.88. The van der Waals surface area contributed by atoms with Crippen LogP contribution in [0.1, 0.15) is 17.4 Å². The number of nitrogens with zero attached hydrogens (tertiary/aromatic N) is 3. The standard InChI is InChI=1S/C10H9N3O/c14-10(8-5-11-7-12-6-8)9-3-1-2-4-13-9/h1-7,10,14H. The van der Waals surface area contributed by atoms with E-state index in [0.29, 0.717) is 11.3 Å². The molecular weight excluding hydrogens is 178 g/mol. The van der Waals surface area contributed by atoms with E-state index in [2.05, 4.69) is 15.0 Å². The van der Waals surface area contributed by atoms with Crippen molar-refractivity contribution in [2.45, 2.75) is 6.10 Å². The summed E-state index contributed by atoms with van der Waals surface area (Å²) >= 11 is 0. The van der Waals surface area contributed by atoms with Crippen LogP contribution in [0.15, 0.2) is 43.1 Å². The topological polar surface area (TPSA) is 58.9 Å². The third kappa shape index (κ3) is 1.75. The predicted octanol–water partition coefficient (Wildman–Crippen LogP) is 0.953. The first-order valence-corrected chi connectivity index (χ1v) is 4.22. The molecule has 4 nitrogen and oxygen atoms in total. The van der Waals surface area contributed by atoms with Crippen molar-refractivity contribution in [2.75, 3.05) is 0 Å². The summed E-state index contributed by atoms with van der Waals surface area (Å²) in [5, 5.41) is 9.85. The van der Waals surface area contributed by atoms with Gasteiger partial charge >= 0.3 is 0 Å². The number of aliphatic hydroxyl groups excluding tert-OH is 1. The summed E-state index contributed by atoms with van der Waals surface area (Å²) < 4.78 is 0. The second-order valence-electron chi connectivity index (χ2n) is 2.83. The molecule has 2 heterocycles. The Labute approximate surface area is 81.3 Å². The SMILES string of the molecule is OC(c1cncnc1)c1ccccn1. The molecule has 0 aliphatic rings. The Morgan fingerprint density at radius 1 is 1.14 bits per heavy atom. The summed E-state index contributed by atoms with van der Waals surface area (Å²) in [7, 11) is 0. The van der Waals surface area contributed by atoms with E-state index in [0.717, 1.165) is 0 Å². The van der Waals surface area contributed by atoms with Crippen LogP contribution in [0.25, 0.3) is 0 Å². The Morgan fingerprint density at radius 3 is 2.57 bits per heavy atom. The van der Waals surface area contributed by atoms with Crippen molar-refractivity contribution in [1.82, 2.24) is 15.0 Å². The molecule has 0 bridgehead atoms. The van der Waals surface area contributed by atoms with Crippen molar-refractivity contribution < 1.29 is 5.11 Å². The van der Waals surface area contributed by atoms with E-state index in [9.17, 15) is 5.11 Å². The average molecular weight is 187 g/mol. The summed E-state index contributed by atoms with van der Waals surface area (Å²) in [5.74, 6) is 0. The van der Waals surface area contributed by atoms with Gasteiger partial charge in [0.05, 0.1) is 5.69 Å². The van der Waals surface area contributed by atoms with Gasteiger partial charge in [0.1, 0.15) is 12.4 Å². The lowest BCUT2D eigenvalue weighted by Crippen LogP contribution is -2.02. The van der Waals surface area contributed by atoms with Gasteiger partial charge < -0.3 is 5.11 Å². The molecule has 0 spiro atoms. The number of hydrogen-bond acceptors (Lipinski definition) is 4. The molecule has 0 aliphatic heterocycles. The molecule has 1 atom stereocenters. The zero-order valence-corrected chi connectivity index (χ0v) is 7.41. The molecule has 0 aromatic carbocycles. The molecule has 2 aromatic rings. The van der Waals surface area contributed by atoms with Crippen molar-refractivity contribution in [3.63, 3.8) is 0 Å². The first-order valence-electron chi connectivity index (χ1n) is 4.22. The molecule has 4 heteroatoms. The van der Waals surface area contributed by atoms with Crippen molar-refractivity contribution in [2.24, 2.45) is 0 Å². The molecule has 14 heavy (non-hydrogen) atoms. The Balaban J connectivity index is 2.30. The number of hydrogen-bond donors (Lipinski definition) is 1. The minimum atomic E-state index is -0.752. The number of rotatable bonds is 2. The third-order valence-corrected chi connectivity index (χ3v) is 1.86. The van der Waals surface area contributed by atoms with E-state index in [-0.39, 0.29) is 0 Å². The Hall–Kier alpha value is -1.81. The summed E-state index contributed by atoms with van der Waals surface area (Å²) in [6.07, 6.45) is 5.47. The van der Waals surface area contributed by atoms with Gasteiger partial charge in [-0.05, 0) is 12.1 Å². The van der Waals surface area contributed by atoms with Crippen LogP contribution >= 0.6 is 0 Å². The van der Waals surface area contributed by atoms with Gasteiger partial charge in [-0.2, -0.15) is 0 Å². The molecule has 0 radical (unpaired) electrons. The maximum atomic E-state index is 9.85. The van der Waals surface area contributed by atoms with Crippen molar-refractivity contribution in [1.29, 1.82) is 0 Å². The lowest BCUT2D eigenvalue weighted by molar-refractivity contribution is 0.214. The summed E-state index contributed by atoms with van der Waals surface area (Å²) in [4.78, 5) is 11.7. The maximum absolute atomic E-state index is 9.85. The van der Waals surface area contributed by atoms with Gasteiger partial charge in [0.15, 0.2) is 0 Å². The molecule has 70 valence electrons. The Morgan fingerprint density at radius 2 is 1.93 bits per heavy atom. The highest BCUT2D eigenvalue weighted by Crippen LogP contribution is 2.17. The highest BCUT2D eigenvalue weighted by atomic mass is 16.3. The molecule has 1 unspecified atom stereocenters. The second-order valence-corrected chi connectivity index (χ2v) is 2.83. The van der Waals surface area contributed by atoms with Crippen LogP contribution < -0.4 is 0 Å². The minimum absolute atomic E-state index is 0.599. The predicted molar refractivity (Wildman–Crippen MR) is 50.3 cm³/mol. The first kappa shape index (κ1) is 8.77. The summed E-state index contributed by atoms with van der Waals surface area (Å²) in [6, 6.07) is 5.39. The van der Waals surface area contributed by atoms with Gasteiger partial charge in [0.25, 0.3) is 0 Å². The number of aromatic nitrogens is 3. The molecule has 0 aliphatic carbocycles. The molecule has 1 N–H and O–H groups in total. The summed E-state index contributed by atoms with van der Waals surface area (Å²) in [6.45, 7) is 0. The molecule has 0 saturated heterocycles. The maximum Gasteiger partial charge on any atom is 0.124 e. The third-order valence-electron chi connectivity index (χ3n) is 1.86. The fourth-order valence-corrected chi connectivity index (χ4v) is 1.16. The Kier molecular flexibility index (Phi) is 2.46. The number of pyridine rings is 1. The van der Waals surface area contributed by atoms with E-state index in [4.69, 9.17) is 0 Å². The van der Waals surface area contributed by atoms with Crippen molar-refractivity contribution in [3.05, 3.63) is 54.4 Å². The van der Waals surface area contributed by atoms with Crippen LogP contribution in [0.2, 0.25) is 0 Å². The smallest absolute Gasteiger partial charge is 0.124 e. The zero-order chi connectivity index (χ0) is 9.80. The highest BCUT2D eigenvalue weighted by Gasteiger charge is 2.10. The van der Waals surface area contributed by atoms with E-state index < -0.39 is 6.10 Å². The summed E-state index contributed by atoms with van der Waals surface area (Å²) in [5.41, 5.74) is 1.24. The van der Waals surface area contributed by atoms with E-state index >= 15 is 0 Å². The highest BCUT2D eigenvalue weighted by molar-refractivity contribution is 5.19. The van der Waals surface area contributed by atoms with Crippen molar-refractivity contribution >= 4 is 0 Å². The molecular formula is C10H9N3O. The van der Waals surface area contributed by atoms with Crippen LogP contribution in [0, 0.1) is 0 Å². The van der Waals surface area contributed by atoms with Gasteiger partial charge in [-0.25, -0.2) is 9.97 Å². The monoisotopic (exact) mass is 187 g/mol. The van der Waals surface area contributed by atoms with Gasteiger partial charge in [-0.3, -0.25) is 4.98 Å². The van der Waals surface area contributed by atoms with Crippen LogP contribution in [0.3, 0.4) is 0 Å². The Bertz CT molecular complexity index is 351. The zero-order valence-electron chi connectivity index (χ0n) is 7.41. The van der Waals surface area contributed by atoms with Crippen LogP contribution in [0.4, 0.5) is 0 Å². The normalized spacial score (nSPS) is 12.4. The molecule has 0 saturated carbocycles. The molecule has 0 fully saturated rings. The lowest BCUT2D eigenvalue weighted by Gasteiger charge is -2.08. The molecule has 0 amide bonds. The van der Waals surface area contributed by atoms with Gasteiger partial charge in [-0.15, -0.1) is 0 Å². The quantitative estimate of drug-likeness (QED) is 0.760. The van der Waals surface area contributed by atoms with Gasteiger partial charge in [0, 0.05) is 24.2 Å². The van der Waals surface area contributed by atoms with Gasteiger partial charge in [0.2, 0.25) is 0 Å². The fraction of sp³-hybridized carbons (Fsp3) is 0.100. The molecule has 2 aromatic heterocycles. The van der Waals surface area contributed by atoms with Crippen LogP contribution in [-0.4, -0.2) is 20.1 Å². The number of aliphatic hydroxyl groups is 1. The molecule has 2 rings (SSSR count). The van der Waals surface area contributed by atoms with Crippen LogP contribution in [-0.2, 0) is 0 Å². The fourth-order valence-electron chi connectivity index (χ4n) is 1.16. The lowest BCUT2D eigenvalue weighted by atomic mass is 10.1. The van der Waals surface area contributed by atoms with Crippen LogP contribution in [0.5, 0.6) is 0 Å².